The smallest absolute Gasteiger partial charge is 0.303 e. The molecular formula is C13H26O2. The fourth-order valence-electron chi connectivity index (χ4n) is 1.76. The van der Waals surface area contributed by atoms with Gasteiger partial charge in [-0.2, -0.15) is 0 Å². The Morgan fingerprint density at radius 2 is 1.20 bits per heavy atom. The van der Waals surface area contributed by atoms with Crippen LogP contribution in [0.15, 0.2) is 0 Å². The third-order valence-electron chi connectivity index (χ3n) is 2.74. The molecule has 0 aromatic rings. The molecule has 0 radical (unpaired) electrons. The molecule has 0 aliphatic rings. The van der Waals surface area contributed by atoms with Gasteiger partial charge in [0.2, 0.25) is 0 Å². The maximum atomic E-state index is 10.2. The Morgan fingerprint density at radius 3 is 1.60 bits per heavy atom. The summed E-state index contributed by atoms with van der Waals surface area (Å²) >= 11 is 0. The minimum atomic E-state index is -0.658. The number of aliphatic carboxylic acids is 1. The van der Waals surface area contributed by atoms with Crippen molar-refractivity contribution in [2.75, 3.05) is 0 Å². The normalized spacial score (nSPS) is 10.5. The van der Waals surface area contributed by atoms with Crippen molar-refractivity contribution >= 4 is 5.97 Å². The molecule has 0 saturated heterocycles. The Balaban J connectivity index is 2.89. The highest BCUT2D eigenvalue weighted by molar-refractivity contribution is 5.66. The fraction of sp³-hybridized carbons (Fsp3) is 0.923. The highest BCUT2D eigenvalue weighted by Crippen LogP contribution is 2.10. The standard InChI is InChI=1S/C13H26O2/c1-2-3-4-5-6-7-8-9-10-11-12-13(14)15/h2-12H2,1H3,(H,14,15)/i13-1. The summed E-state index contributed by atoms with van der Waals surface area (Å²) in [6.45, 7) is 2.24. The first-order chi connectivity index (χ1) is 7.27. The Labute approximate surface area is 94.1 Å². The first-order valence-electron chi connectivity index (χ1n) is 6.49. The first-order valence-corrected chi connectivity index (χ1v) is 6.49. The molecule has 0 aliphatic carbocycles. The lowest BCUT2D eigenvalue weighted by Crippen LogP contribution is -1.93. The largest absolute Gasteiger partial charge is 0.481 e. The van der Waals surface area contributed by atoms with Crippen LogP contribution in [0.4, 0.5) is 0 Å². The minimum Gasteiger partial charge on any atom is -0.481 e. The van der Waals surface area contributed by atoms with E-state index < -0.39 is 5.97 Å². The van der Waals surface area contributed by atoms with Gasteiger partial charge in [0.25, 0.3) is 0 Å². The van der Waals surface area contributed by atoms with Crippen LogP contribution < -0.4 is 0 Å². The summed E-state index contributed by atoms with van der Waals surface area (Å²) in [6, 6.07) is 0. The quantitative estimate of drug-likeness (QED) is 0.517. The fourth-order valence-corrected chi connectivity index (χ4v) is 1.76. The van der Waals surface area contributed by atoms with Crippen molar-refractivity contribution in [2.24, 2.45) is 0 Å². The second kappa shape index (κ2) is 11.5. The molecule has 0 aliphatic heterocycles. The zero-order valence-electron chi connectivity index (χ0n) is 10.1. The first kappa shape index (κ1) is 14.5. The van der Waals surface area contributed by atoms with Gasteiger partial charge in [-0.3, -0.25) is 4.79 Å². The van der Waals surface area contributed by atoms with Gasteiger partial charge in [-0.15, -0.1) is 0 Å². The molecule has 0 bridgehead atoms. The van der Waals surface area contributed by atoms with Crippen LogP contribution in [0, 0.1) is 0 Å². The molecule has 1 N–H and O–H groups in total. The van der Waals surface area contributed by atoms with Crippen molar-refractivity contribution < 1.29 is 9.90 Å². The molecular weight excluding hydrogens is 187 g/mol. The van der Waals surface area contributed by atoms with Crippen LogP contribution in [0.2, 0.25) is 0 Å². The molecule has 0 rings (SSSR count). The van der Waals surface area contributed by atoms with E-state index >= 15 is 0 Å². The SMILES string of the molecule is CCCCCCCCCCCC[11C](=O)O. The molecule has 0 fully saturated rings. The van der Waals surface area contributed by atoms with E-state index in [4.69, 9.17) is 5.11 Å². The maximum Gasteiger partial charge on any atom is 0.303 e. The molecule has 0 spiro atoms. The van der Waals surface area contributed by atoms with Crippen LogP contribution in [0.5, 0.6) is 0 Å². The summed E-state index contributed by atoms with van der Waals surface area (Å²) in [5.41, 5.74) is 0. The summed E-state index contributed by atoms with van der Waals surface area (Å²) in [5.74, 6) is -0.658. The molecule has 0 aromatic heterocycles. The Bertz CT molecular complexity index is 143. The van der Waals surface area contributed by atoms with Gasteiger partial charge in [-0.05, 0) is 6.42 Å². The summed E-state index contributed by atoms with van der Waals surface area (Å²) in [7, 11) is 0. The number of carboxylic acid groups (broad SMARTS) is 1. The number of hydrogen-bond donors (Lipinski definition) is 1. The average molecular weight is 213 g/mol. The Kier molecular flexibility index (Phi) is 11.1. The van der Waals surface area contributed by atoms with Gasteiger partial charge >= 0.3 is 5.97 Å². The molecule has 0 aromatic carbocycles. The summed E-state index contributed by atoms with van der Waals surface area (Å²) in [6.07, 6.45) is 12.9. The van der Waals surface area contributed by atoms with Crippen molar-refractivity contribution in [3.63, 3.8) is 0 Å². The lowest BCUT2D eigenvalue weighted by molar-refractivity contribution is -0.137. The lowest BCUT2D eigenvalue weighted by atomic mass is 9.96. The van der Waals surface area contributed by atoms with Crippen molar-refractivity contribution in [3.05, 3.63) is 0 Å². The highest BCUT2D eigenvalue weighted by atomic mass is 16.3. The minimum absolute atomic E-state index is 0.344. The summed E-state index contributed by atoms with van der Waals surface area (Å²) < 4.78 is 0. The number of rotatable bonds is 11. The number of carbonyl (C=O) groups is 1. The number of carboxylic acids is 1. The third kappa shape index (κ3) is 13.5. The van der Waals surface area contributed by atoms with Crippen molar-refractivity contribution in [1.82, 2.24) is 0 Å². The lowest BCUT2D eigenvalue weighted by Gasteiger charge is -2.01. The summed E-state index contributed by atoms with van der Waals surface area (Å²) in [5, 5.41) is 8.44. The zero-order valence-corrected chi connectivity index (χ0v) is 10.1. The van der Waals surface area contributed by atoms with Gasteiger partial charge in [-0.1, -0.05) is 64.7 Å². The number of unbranched alkanes of at least 4 members (excludes halogenated alkanes) is 9. The van der Waals surface area contributed by atoms with Crippen LogP contribution in [0.3, 0.4) is 0 Å². The van der Waals surface area contributed by atoms with E-state index in [1.807, 2.05) is 0 Å². The van der Waals surface area contributed by atoms with Crippen LogP contribution in [0.25, 0.3) is 0 Å². The Hall–Kier alpha value is -0.530. The number of hydrogen-bond acceptors (Lipinski definition) is 1. The molecule has 2 heteroatoms. The predicted molar refractivity (Wildman–Crippen MR) is 64.1 cm³/mol. The predicted octanol–water partition coefficient (Wildman–Crippen LogP) is 4.38. The van der Waals surface area contributed by atoms with E-state index in [1.54, 1.807) is 0 Å². The van der Waals surface area contributed by atoms with Crippen molar-refractivity contribution in [1.29, 1.82) is 0 Å². The molecule has 0 heterocycles. The molecule has 0 amide bonds. The van der Waals surface area contributed by atoms with E-state index in [9.17, 15) is 4.79 Å². The van der Waals surface area contributed by atoms with Gasteiger partial charge < -0.3 is 5.11 Å². The third-order valence-corrected chi connectivity index (χ3v) is 2.74. The van der Waals surface area contributed by atoms with Gasteiger partial charge in [-0.25, -0.2) is 0 Å². The van der Waals surface area contributed by atoms with E-state index in [-0.39, 0.29) is 0 Å². The molecule has 2 nitrogen and oxygen atoms in total. The van der Waals surface area contributed by atoms with Crippen molar-refractivity contribution in [3.8, 4) is 0 Å². The van der Waals surface area contributed by atoms with Crippen LogP contribution in [-0.4, -0.2) is 11.1 Å². The van der Waals surface area contributed by atoms with Crippen LogP contribution in [0.1, 0.15) is 77.6 Å². The molecule has 0 unspecified atom stereocenters. The second-order valence-corrected chi connectivity index (χ2v) is 4.33. The molecule has 0 atom stereocenters. The van der Waals surface area contributed by atoms with Crippen LogP contribution >= 0.6 is 0 Å². The summed E-state index contributed by atoms with van der Waals surface area (Å²) in [4.78, 5) is 10.2. The zero-order chi connectivity index (χ0) is 11.4. The van der Waals surface area contributed by atoms with Crippen LogP contribution in [-0.2, 0) is 4.79 Å². The van der Waals surface area contributed by atoms with E-state index in [0.717, 1.165) is 12.8 Å². The Morgan fingerprint density at radius 1 is 0.800 bits per heavy atom. The average Bonchev–Trinajstić information content (AvgIpc) is 2.20. The van der Waals surface area contributed by atoms with Gasteiger partial charge in [0, 0.05) is 6.42 Å². The molecule has 90 valence electrons. The van der Waals surface area contributed by atoms with Gasteiger partial charge in [0.15, 0.2) is 0 Å². The van der Waals surface area contributed by atoms with E-state index in [0.29, 0.717) is 6.42 Å². The van der Waals surface area contributed by atoms with E-state index in [2.05, 4.69) is 6.92 Å². The topological polar surface area (TPSA) is 37.3 Å². The highest BCUT2D eigenvalue weighted by Gasteiger charge is 1.96. The van der Waals surface area contributed by atoms with E-state index in [1.165, 1.54) is 51.4 Å². The molecule has 0 saturated carbocycles. The molecule has 15 heavy (non-hydrogen) atoms. The van der Waals surface area contributed by atoms with Gasteiger partial charge in [0.1, 0.15) is 0 Å². The van der Waals surface area contributed by atoms with Crippen molar-refractivity contribution in [2.45, 2.75) is 77.6 Å². The van der Waals surface area contributed by atoms with Gasteiger partial charge in [0.05, 0.1) is 0 Å². The maximum absolute atomic E-state index is 10.2. The second-order valence-electron chi connectivity index (χ2n) is 4.33. The monoisotopic (exact) mass is 213 g/mol.